The van der Waals surface area contributed by atoms with Gasteiger partial charge < -0.3 is 13.7 Å². The fraction of sp³-hybridized carbons (Fsp3) is 0. The molecule has 86 heavy (non-hydrogen) atoms. The maximum absolute atomic E-state index is 8.74. The Morgan fingerprint density at radius 3 is 0.128 bits per heavy atom. The van der Waals surface area contributed by atoms with Crippen molar-refractivity contribution in [2.24, 2.45) is 0 Å². The molecule has 0 radical (unpaired) electrons. The van der Waals surface area contributed by atoms with Crippen LogP contribution in [-0.2, 0) is 177 Å². The molecule has 68 nitrogen and oxygen atoms in total. The molecule has 0 atom stereocenters. The van der Waals surface area contributed by atoms with Gasteiger partial charge in [0.25, 0.3) is 0 Å². The zero-order valence-corrected chi connectivity index (χ0v) is 51.5. The second-order valence-corrected chi connectivity index (χ2v) is 22.7. The molecule has 0 spiro atoms. The van der Waals surface area contributed by atoms with E-state index in [9.17, 15) is 0 Å². The second kappa shape index (κ2) is 56.1. The van der Waals surface area contributed by atoms with Gasteiger partial charge in [0.05, 0.1) is 0 Å². The molecule has 0 fully saturated rings. The zero-order valence-electron chi connectivity index (χ0n) is 36.5. The van der Waals surface area contributed by atoms with Gasteiger partial charge in [-0.2, -0.15) is 126 Å². The minimum atomic E-state index is -5.17. The topological polar surface area (TPSA) is 1280 Å². The van der Waals surface area contributed by atoms with Crippen molar-refractivity contribution in [2.75, 3.05) is 0 Å². The van der Waals surface area contributed by atoms with Crippen molar-refractivity contribution in [3.05, 3.63) is 0 Å². The standard InChI is InChI=1S/Al.17H2O4S/c;17*1-5(2,3)4/h;17*(H2,1,2,3,4)/q+3;;;;;;;;;;;;;;;;;/p-3. The van der Waals surface area contributed by atoms with Crippen molar-refractivity contribution in [1.82, 2.24) is 0 Å². The van der Waals surface area contributed by atoms with Crippen LogP contribution in [0.25, 0.3) is 0 Å². The fourth-order valence-electron chi connectivity index (χ4n) is 0. The molecule has 86 heteroatoms. The van der Waals surface area contributed by atoms with Gasteiger partial charge in [-0.05, 0) is 0 Å². The molecule has 0 aromatic rings. The zero-order chi connectivity index (χ0) is 76.5. The maximum Gasteiger partial charge on any atom is 3.00 e. The maximum atomic E-state index is 8.74. The summed E-state index contributed by atoms with van der Waals surface area (Å²) in [7, 11) is -80.1. The van der Waals surface area contributed by atoms with Crippen LogP contribution in [-0.4, -0.2) is 315 Å². The van der Waals surface area contributed by atoms with Crippen molar-refractivity contribution in [3.8, 4) is 0 Å². The summed E-state index contributed by atoms with van der Waals surface area (Å²) in [5, 5.41) is 0. The Labute approximate surface area is 488 Å². The molecule has 0 amide bonds. The Hall–Kier alpha value is -1.68. The molecule has 0 aliphatic rings. The normalized spacial score (nSPS) is 11.5. The predicted octanol–water partition coefficient (Wildman–Crippen LogP) is -12.5. The first-order chi connectivity index (χ1) is 34.0. The van der Waals surface area contributed by atoms with Gasteiger partial charge in [0.2, 0.25) is 10.4 Å². The van der Waals surface area contributed by atoms with E-state index in [0.717, 1.165) is 0 Å². The van der Waals surface area contributed by atoms with Crippen molar-refractivity contribution < 1.29 is 298 Å². The molecule has 0 aromatic carbocycles. The van der Waals surface area contributed by atoms with Crippen LogP contribution >= 0.6 is 0 Å². The number of rotatable bonds is 0. The van der Waals surface area contributed by atoms with Crippen LogP contribution in [0.15, 0.2) is 0 Å². The van der Waals surface area contributed by atoms with Gasteiger partial charge in [-0.1, -0.05) is 0 Å². The van der Waals surface area contributed by atoms with E-state index in [2.05, 4.69) is 0 Å². The van der Waals surface area contributed by atoms with Crippen molar-refractivity contribution in [1.29, 1.82) is 0 Å². The monoisotopic (exact) mass is 1690 g/mol. The van der Waals surface area contributed by atoms with E-state index in [-0.39, 0.29) is 17.4 Å². The van der Waals surface area contributed by atoms with E-state index in [0.29, 0.717) is 0 Å². The van der Waals surface area contributed by atoms with Crippen LogP contribution in [0.3, 0.4) is 0 Å². The molecule has 0 aromatic heterocycles. The third-order valence-electron chi connectivity index (χ3n) is 0. The summed E-state index contributed by atoms with van der Waals surface area (Å²) in [6.45, 7) is 0. The van der Waals surface area contributed by atoms with Gasteiger partial charge in [-0.25, -0.2) is 8.42 Å². The van der Waals surface area contributed by atoms with Gasteiger partial charge in [-0.3, -0.25) is 150 Å². The van der Waals surface area contributed by atoms with Crippen LogP contribution < -0.4 is 0 Å². The molecule has 0 saturated carbocycles. The SMILES string of the molecule is O=S(=O)(O)O.O=S(=O)(O)O.O=S(=O)(O)O.O=S(=O)(O)O.O=S(=O)(O)O.O=S(=O)(O)O.O=S(=O)(O)O.O=S(=O)(O)O.O=S(=O)(O)O.O=S(=O)(O)O.O=S(=O)(O)O.O=S(=O)(O)O.O=S(=O)(O)O.O=S(=O)(O)O.O=S(=O)(O)O.O=S(=O)([O-])O.O=S(=O)([O-])[O-].[Al+3]. The molecule has 0 saturated heterocycles. The predicted molar refractivity (Wildman–Crippen MR) is 241 cm³/mol. The average molecular weight is 1690 g/mol. The van der Waals surface area contributed by atoms with E-state index in [1.54, 1.807) is 0 Å². The van der Waals surface area contributed by atoms with Gasteiger partial charge in [0.1, 0.15) is 0 Å². The first-order valence-corrected chi connectivity index (χ1v) is 35.5. The number of hydrogen-bond donors (Lipinski definition) is 31. The molecule has 544 valence electrons. The first kappa shape index (κ1) is 133. The van der Waals surface area contributed by atoms with Gasteiger partial charge in [-0.15, -0.1) is 0 Å². The van der Waals surface area contributed by atoms with Crippen molar-refractivity contribution >= 4 is 194 Å². The smallest absolute Gasteiger partial charge is 0.759 e. The second-order valence-electron chi connectivity index (χ2n) is 7.55. The third kappa shape index (κ3) is 193000. The molecular weight excluding hydrogens is 1660 g/mol. The van der Waals surface area contributed by atoms with Gasteiger partial charge in [0.15, 0.2) is 0 Å². The molecule has 0 rings (SSSR count). The fourth-order valence-corrected chi connectivity index (χ4v) is 0. The van der Waals surface area contributed by atoms with E-state index < -0.39 is 177 Å². The van der Waals surface area contributed by atoms with E-state index in [4.69, 9.17) is 298 Å². The third-order valence-corrected chi connectivity index (χ3v) is 0. The molecule has 31 N–H and O–H groups in total. The van der Waals surface area contributed by atoms with Crippen LogP contribution in [0.2, 0.25) is 0 Å². The minimum Gasteiger partial charge on any atom is -0.759 e. The van der Waals surface area contributed by atoms with Crippen molar-refractivity contribution in [3.63, 3.8) is 0 Å². The Bertz CT molecular complexity index is 2530. The van der Waals surface area contributed by atoms with E-state index in [1.165, 1.54) is 0 Å². The molecule has 0 unspecified atom stereocenters. The van der Waals surface area contributed by atoms with Crippen LogP contribution in [0.5, 0.6) is 0 Å². The molecule has 0 aliphatic carbocycles. The Morgan fingerprint density at radius 2 is 0.128 bits per heavy atom. The minimum absolute atomic E-state index is 0. The summed E-state index contributed by atoms with van der Waals surface area (Å²) in [5.41, 5.74) is 0. The summed E-state index contributed by atoms with van der Waals surface area (Å²) in [6, 6.07) is 0. The quantitative estimate of drug-likeness (QED) is 0.0608. The molecular formula is H31AlO68S17. The molecule has 0 aliphatic heterocycles. The Balaban J connectivity index is -0.0000000357. The van der Waals surface area contributed by atoms with E-state index in [1.807, 2.05) is 0 Å². The summed E-state index contributed by atoms with van der Waals surface area (Å²) >= 11 is 0. The summed E-state index contributed by atoms with van der Waals surface area (Å²) < 4.78 is 541. The molecule has 0 bridgehead atoms. The summed E-state index contributed by atoms with van der Waals surface area (Å²) in [6.07, 6.45) is 0. The average Bonchev–Trinajstić information content (AvgIpc) is 2.75. The van der Waals surface area contributed by atoms with Crippen molar-refractivity contribution in [2.45, 2.75) is 0 Å². The van der Waals surface area contributed by atoms with Crippen LogP contribution in [0, 0.1) is 0 Å². The Kier molecular flexibility index (Phi) is 86.8. The Morgan fingerprint density at radius 1 is 0.128 bits per heavy atom. The van der Waals surface area contributed by atoms with Crippen LogP contribution in [0.4, 0.5) is 0 Å². The van der Waals surface area contributed by atoms with E-state index >= 15 is 0 Å². The van der Waals surface area contributed by atoms with Gasteiger partial charge in [0, 0.05) is 10.4 Å². The largest absolute Gasteiger partial charge is 3.00 e. The summed E-state index contributed by atoms with van der Waals surface area (Å²) in [5.74, 6) is 0. The van der Waals surface area contributed by atoms with Crippen LogP contribution in [0.1, 0.15) is 0 Å². The van der Waals surface area contributed by atoms with Gasteiger partial charge >= 0.3 is 173 Å². The first-order valence-electron chi connectivity index (χ1n) is 11.8. The summed E-state index contributed by atoms with van der Waals surface area (Å²) in [4.78, 5) is 0. The molecule has 0 heterocycles. The number of hydrogen-bond acceptors (Lipinski definition) is 37.